The van der Waals surface area contributed by atoms with E-state index >= 15 is 0 Å². The third kappa shape index (κ3) is 4.26. The molecule has 0 spiro atoms. The summed E-state index contributed by atoms with van der Waals surface area (Å²) in [6, 6.07) is 23.2. The van der Waals surface area contributed by atoms with E-state index in [9.17, 15) is 14.4 Å². The molecule has 0 radical (unpaired) electrons. The van der Waals surface area contributed by atoms with Crippen molar-refractivity contribution in [3.63, 3.8) is 0 Å². The fraction of sp³-hybridized carbons (Fsp3) is 0.296. The third-order valence-corrected chi connectivity index (χ3v) is 6.79. The number of rotatable bonds is 6. The van der Waals surface area contributed by atoms with Gasteiger partial charge >= 0.3 is 6.03 Å². The van der Waals surface area contributed by atoms with Gasteiger partial charge in [-0.3, -0.25) is 19.4 Å². The van der Waals surface area contributed by atoms with E-state index in [2.05, 4.69) is 27.7 Å². The molecule has 2 aliphatic heterocycles. The van der Waals surface area contributed by atoms with Crippen LogP contribution in [0.5, 0.6) is 0 Å². The number of hydrogen-bond acceptors (Lipinski definition) is 4. The van der Waals surface area contributed by atoms with Gasteiger partial charge in [0, 0.05) is 25.7 Å². The number of benzene rings is 3. The van der Waals surface area contributed by atoms with Crippen molar-refractivity contribution in [2.45, 2.75) is 31.5 Å². The van der Waals surface area contributed by atoms with Crippen molar-refractivity contribution < 1.29 is 14.4 Å². The highest BCUT2D eigenvalue weighted by Gasteiger charge is 2.49. The first-order valence-corrected chi connectivity index (χ1v) is 11.6. The third-order valence-electron chi connectivity index (χ3n) is 6.79. The number of nitrogens with one attached hydrogen (secondary N) is 2. The molecule has 3 aromatic rings. The van der Waals surface area contributed by atoms with Crippen LogP contribution >= 0.6 is 0 Å². The first kappa shape index (κ1) is 22.1. The van der Waals surface area contributed by atoms with Gasteiger partial charge in [-0.2, -0.15) is 0 Å². The lowest BCUT2D eigenvalue weighted by molar-refractivity contribution is -0.135. The van der Waals surface area contributed by atoms with Gasteiger partial charge in [-0.1, -0.05) is 66.7 Å². The second-order valence-electron chi connectivity index (χ2n) is 9.28. The molecule has 2 heterocycles. The minimum atomic E-state index is -1.21. The smallest absolute Gasteiger partial charge is 0.325 e. The quantitative estimate of drug-likeness (QED) is 0.559. The summed E-state index contributed by atoms with van der Waals surface area (Å²) >= 11 is 0. The Morgan fingerprint density at radius 1 is 1.03 bits per heavy atom. The minimum Gasteiger partial charge on any atom is -0.350 e. The maximum Gasteiger partial charge on any atom is 0.325 e. The highest BCUT2D eigenvalue weighted by Crippen LogP contribution is 2.31. The van der Waals surface area contributed by atoms with Crippen molar-refractivity contribution in [3.05, 3.63) is 83.9 Å². The number of imide groups is 1. The number of carbonyl (C=O) groups excluding carboxylic acids is 3. The second-order valence-corrected chi connectivity index (χ2v) is 9.28. The predicted octanol–water partition coefficient (Wildman–Crippen LogP) is 3.00. The molecule has 0 bridgehead atoms. The highest BCUT2D eigenvalue weighted by atomic mass is 16.2. The van der Waals surface area contributed by atoms with Crippen LogP contribution in [-0.4, -0.2) is 53.3 Å². The van der Waals surface area contributed by atoms with E-state index < -0.39 is 17.5 Å². The molecule has 2 fully saturated rings. The minimum absolute atomic E-state index is 0.00356. The van der Waals surface area contributed by atoms with E-state index in [1.165, 1.54) is 5.56 Å². The summed E-state index contributed by atoms with van der Waals surface area (Å²) in [6.45, 7) is 3.87. The molecule has 0 aromatic heterocycles. The number of hydrogen-bond donors (Lipinski definition) is 2. The number of urea groups is 1. The van der Waals surface area contributed by atoms with Gasteiger partial charge in [0.15, 0.2) is 0 Å². The van der Waals surface area contributed by atoms with Gasteiger partial charge in [-0.15, -0.1) is 0 Å². The normalized spacial score (nSPS) is 22.9. The van der Waals surface area contributed by atoms with Gasteiger partial charge in [0.05, 0.1) is 0 Å². The van der Waals surface area contributed by atoms with Crippen LogP contribution in [0.15, 0.2) is 72.8 Å². The fourth-order valence-electron chi connectivity index (χ4n) is 4.89. The number of amides is 4. The van der Waals surface area contributed by atoms with Crippen molar-refractivity contribution >= 4 is 28.6 Å². The molecule has 0 saturated carbocycles. The maximum atomic E-state index is 13.3. The molecule has 7 nitrogen and oxygen atoms in total. The monoisotopic (exact) mass is 456 g/mol. The SMILES string of the molecule is C[C@]1(c2ccc3ccccc3c2)NC(=O)N(CC(=O)N[C@H]2CCN(Cc3ccccc3)C2)C1=O. The Hall–Kier alpha value is -3.71. The number of likely N-dealkylation sites (tertiary alicyclic amines) is 1. The average Bonchev–Trinajstić information content (AvgIpc) is 3.36. The van der Waals surface area contributed by atoms with Crippen molar-refractivity contribution in [1.82, 2.24) is 20.4 Å². The van der Waals surface area contributed by atoms with Crippen LogP contribution in [0, 0.1) is 0 Å². The summed E-state index contributed by atoms with van der Waals surface area (Å²) < 4.78 is 0. The summed E-state index contributed by atoms with van der Waals surface area (Å²) in [5.74, 6) is -0.738. The van der Waals surface area contributed by atoms with Crippen LogP contribution in [0.3, 0.4) is 0 Å². The Kier molecular flexibility index (Phi) is 5.79. The molecule has 34 heavy (non-hydrogen) atoms. The number of fused-ring (bicyclic) bond motifs is 1. The van der Waals surface area contributed by atoms with Crippen LogP contribution in [0.25, 0.3) is 10.8 Å². The van der Waals surface area contributed by atoms with Crippen LogP contribution in [0.2, 0.25) is 0 Å². The van der Waals surface area contributed by atoms with Crippen LogP contribution < -0.4 is 10.6 Å². The first-order valence-electron chi connectivity index (χ1n) is 11.6. The molecule has 4 amide bonds. The summed E-state index contributed by atoms with van der Waals surface area (Å²) in [5.41, 5.74) is 0.725. The Bertz CT molecular complexity index is 1240. The van der Waals surface area contributed by atoms with Crippen LogP contribution in [-0.2, 0) is 21.7 Å². The van der Waals surface area contributed by atoms with Crippen LogP contribution in [0.4, 0.5) is 4.79 Å². The van der Waals surface area contributed by atoms with Crippen molar-refractivity contribution in [2.24, 2.45) is 0 Å². The first-order chi connectivity index (χ1) is 16.4. The standard InChI is InChI=1S/C27H28N4O3/c1-27(22-12-11-20-9-5-6-10-21(20)15-22)25(33)31(26(34)29-27)18-24(32)28-23-13-14-30(17-23)16-19-7-3-2-4-8-19/h2-12,15,23H,13-14,16-18H2,1H3,(H,28,32)(H,29,34)/t23-,27+/m0/s1. The molecule has 2 aliphatic rings. The van der Waals surface area contributed by atoms with Gasteiger partial charge in [0.2, 0.25) is 5.91 Å². The zero-order chi connectivity index (χ0) is 23.7. The lowest BCUT2D eigenvalue weighted by Gasteiger charge is -2.23. The van der Waals surface area contributed by atoms with Gasteiger partial charge in [-0.25, -0.2) is 4.79 Å². The van der Waals surface area contributed by atoms with Crippen molar-refractivity contribution in [1.29, 1.82) is 0 Å². The topological polar surface area (TPSA) is 81.8 Å². The van der Waals surface area contributed by atoms with Crippen LogP contribution in [0.1, 0.15) is 24.5 Å². The average molecular weight is 457 g/mol. The largest absolute Gasteiger partial charge is 0.350 e. The number of nitrogens with zero attached hydrogens (tertiary/aromatic N) is 2. The molecule has 2 saturated heterocycles. The van der Waals surface area contributed by atoms with E-state index in [0.717, 1.165) is 41.7 Å². The molecule has 174 valence electrons. The summed E-state index contributed by atoms with van der Waals surface area (Å²) in [5, 5.41) is 7.84. The summed E-state index contributed by atoms with van der Waals surface area (Å²) in [4.78, 5) is 42.0. The second kappa shape index (κ2) is 8.91. The molecular formula is C27H28N4O3. The van der Waals surface area contributed by atoms with E-state index in [1.807, 2.05) is 60.7 Å². The fourth-order valence-corrected chi connectivity index (χ4v) is 4.89. The van der Waals surface area contributed by atoms with E-state index in [0.29, 0.717) is 5.56 Å². The Labute approximate surface area is 198 Å². The zero-order valence-electron chi connectivity index (χ0n) is 19.2. The maximum absolute atomic E-state index is 13.3. The Balaban J connectivity index is 1.21. The van der Waals surface area contributed by atoms with Gasteiger partial charge in [0.25, 0.3) is 5.91 Å². The van der Waals surface area contributed by atoms with Gasteiger partial charge in [0.1, 0.15) is 12.1 Å². The molecule has 2 atom stereocenters. The Morgan fingerprint density at radius 2 is 1.76 bits per heavy atom. The Morgan fingerprint density at radius 3 is 2.56 bits per heavy atom. The van der Waals surface area contributed by atoms with Crippen molar-refractivity contribution in [3.8, 4) is 0 Å². The van der Waals surface area contributed by atoms with E-state index in [1.54, 1.807) is 6.92 Å². The number of carbonyl (C=O) groups is 3. The lowest BCUT2D eigenvalue weighted by Crippen LogP contribution is -2.46. The molecule has 7 heteroatoms. The van der Waals surface area contributed by atoms with E-state index in [-0.39, 0.29) is 18.5 Å². The van der Waals surface area contributed by atoms with Gasteiger partial charge in [-0.05, 0) is 41.3 Å². The predicted molar refractivity (Wildman–Crippen MR) is 130 cm³/mol. The van der Waals surface area contributed by atoms with Gasteiger partial charge < -0.3 is 10.6 Å². The van der Waals surface area contributed by atoms with E-state index in [4.69, 9.17) is 0 Å². The molecule has 3 aromatic carbocycles. The lowest BCUT2D eigenvalue weighted by atomic mass is 9.90. The molecule has 2 N–H and O–H groups in total. The highest BCUT2D eigenvalue weighted by molar-refractivity contribution is 6.09. The molecule has 0 aliphatic carbocycles. The zero-order valence-corrected chi connectivity index (χ0v) is 19.2. The molecular weight excluding hydrogens is 428 g/mol. The van der Waals surface area contributed by atoms with Crippen molar-refractivity contribution in [2.75, 3.05) is 19.6 Å². The molecule has 0 unspecified atom stereocenters. The summed E-state index contributed by atoms with van der Waals surface area (Å²) in [7, 11) is 0. The molecule has 5 rings (SSSR count). The summed E-state index contributed by atoms with van der Waals surface area (Å²) in [6.07, 6.45) is 0.841.